The lowest BCUT2D eigenvalue weighted by Gasteiger charge is -2.32. The van der Waals surface area contributed by atoms with Crippen LogP contribution in [0.2, 0.25) is 0 Å². The van der Waals surface area contributed by atoms with Gasteiger partial charge in [0.05, 0.1) is 96.1 Å². The minimum atomic E-state index is -0.203. The summed E-state index contributed by atoms with van der Waals surface area (Å²) in [4.78, 5) is 0. The highest BCUT2D eigenvalue weighted by Gasteiger charge is 2.45. The predicted molar refractivity (Wildman–Crippen MR) is 156 cm³/mol. The lowest BCUT2D eigenvalue weighted by atomic mass is 9.88. The van der Waals surface area contributed by atoms with Crippen LogP contribution in [0, 0.1) is 23.2 Å². The SMILES string of the molecule is CCC(COCCOCC1CCC2OC2C1)(COCCOCC1CCC2OC2C1)COCCOCC1CCC2OC2C1. The molecule has 6 fully saturated rings. The van der Waals surface area contributed by atoms with Gasteiger partial charge in [0.15, 0.2) is 0 Å². The zero-order valence-electron chi connectivity index (χ0n) is 25.9. The van der Waals surface area contributed by atoms with E-state index in [-0.39, 0.29) is 5.41 Å². The van der Waals surface area contributed by atoms with E-state index in [9.17, 15) is 0 Å². The van der Waals surface area contributed by atoms with Crippen molar-refractivity contribution >= 4 is 0 Å². The molecule has 0 bridgehead atoms. The smallest absolute Gasteiger partial charge is 0.0845 e. The molecule has 0 aromatic carbocycles. The maximum absolute atomic E-state index is 6.16. The highest BCUT2D eigenvalue weighted by atomic mass is 16.6. The summed E-state index contributed by atoms with van der Waals surface area (Å²) in [7, 11) is 0. The third-order valence-corrected chi connectivity index (χ3v) is 10.5. The van der Waals surface area contributed by atoms with E-state index in [1.165, 1.54) is 38.5 Å². The van der Waals surface area contributed by atoms with Crippen LogP contribution in [-0.4, -0.2) is 116 Å². The first kappa shape index (κ1) is 31.6. The summed E-state index contributed by atoms with van der Waals surface area (Å²) in [6.45, 7) is 10.0. The van der Waals surface area contributed by atoms with E-state index in [2.05, 4.69) is 6.92 Å². The van der Waals surface area contributed by atoms with Crippen LogP contribution < -0.4 is 0 Å². The zero-order valence-corrected chi connectivity index (χ0v) is 25.9. The Morgan fingerprint density at radius 1 is 0.452 bits per heavy atom. The quantitative estimate of drug-likeness (QED) is 0.135. The molecular weight excluding hydrogens is 540 g/mol. The van der Waals surface area contributed by atoms with Gasteiger partial charge in [0.1, 0.15) is 0 Å². The topological polar surface area (TPSA) is 93.0 Å². The largest absolute Gasteiger partial charge is 0.379 e. The van der Waals surface area contributed by atoms with E-state index >= 15 is 0 Å². The van der Waals surface area contributed by atoms with Crippen molar-refractivity contribution in [1.29, 1.82) is 0 Å². The molecule has 6 rings (SSSR count). The van der Waals surface area contributed by atoms with Crippen molar-refractivity contribution in [3.63, 3.8) is 0 Å². The summed E-state index contributed by atoms with van der Waals surface area (Å²) in [5, 5.41) is 0. The maximum Gasteiger partial charge on any atom is 0.0845 e. The minimum Gasteiger partial charge on any atom is -0.379 e. The molecule has 9 heteroatoms. The van der Waals surface area contributed by atoms with Crippen molar-refractivity contribution in [2.45, 2.75) is 108 Å². The monoisotopic (exact) mass is 596 g/mol. The molecule has 0 aromatic heterocycles. The van der Waals surface area contributed by atoms with Gasteiger partial charge in [-0.05, 0) is 82.0 Å². The zero-order chi connectivity index (χ0) is 28.6. The van der Waals surface area contributed by atoms with E-state index in [0.717, 1.165) is 45.5 Å². The van der Waals surface area contributed by atoms with Gasteiger partial charge in [-0.25, -0.2) is 0 Å². The number of ether oxygens (including phenoxy) is 9. The first-order valence-electron chi connectivity index (χ1n) is 17.1. The van der Waals surface area contributed by atoms with Crippen molar-refractivity contribution in [2.75, 3.05) is 79.3 Å². The second-order valence-electron chi connectivity index (χ2n) is 13.9. The fraction of sp³-hybridized carbons (Fsp3) is 1.00. The number of rotatable bonds is 22. The molecule has 6 aliphatic rings. The predicted octanol–water partition coefficient (Wildman–Crippen LogP) is 4.18. The van der Waals surface area contributed by atoms with Crippen LogP contribution >= 0.6 is 0 Å². The standard InChI is InChI=1S/C33H56O9/c1-2-33(21-37-12-9-34-18-24-3-6-27-30(15-24)40-27,22-38-13-10-35-19-25-4-7-28-31(16-25)41-28)23-39-14-11-36-20-26-5-8-29-32(17-26)42-29/h24-32H,2-23H2,1H3. The third-order valence-electron chi connectivity index (χ3n) is 10.5. The lowest BCUT2D eigenvalue weighted by molar-refractivity contribution is -0.0915. The highest BCUT2D eigenvalue weighted by molar-refractivity contribution is 4.93. The summed E-state index contributed by atoms with van der Waals surface area (Å²) < 4.78 is 53.3. The van der Waals surface area contributed by atoms with Crippen LogP contribution in [0.5, 0.6) is 0 Å². The van der Waals surface area contributed by atoms with Gasteiger partial charge in [-0.3, -0.25) is 0 Å². The molecule has 9 nitrogen and oxygen atoms in total. The van der Waals surface area contributed by atoms with Gasteiger partial charge < -0.3 is 42.6 Å². The summed E-state index contributed by atoms with van der Waals surface area (Å²) in [5.41, 5.74) is -0.203. The lowest BCUT2D eigenvalue weighted by Crippen LogP contribution is -2.38. The Morgan fingerprint density at radius 2 is 0.786 bits per heavy atom. The summed E-state index contributed by atoms with van der Waals surface area (Å²) in [6, 6.07) is 0. The third kappa shape index (κ3) is 9.82. The molecule has 0 spiro atoms. The molecule has 3 saturated carbocycles. The Labute approximate surface area is 252 Å². The van der Waals surface area contributed by atoms with Crippen molar-refractivity contribution in [3.05, 3.63) is 0 Å². The molecule has 42 heavy (non-hydrogen) atoms. The van der Waals surface area contributed by atoms with Crippen LogP contribution in [0.25, 0.3) is 0 Å². The molecule has 0 amide bonds. The molecule has 9 atom stereocenters. The van der Waals surface area contributed by atoms with Crippen molar-refractivity contribution in [3.8, 4) is 0 Å². The molecular formula is C33H56O9. The molecule has 3 aliphatic heterocycles. The average molecular weight is 597 g/mol. The summed E-state index contributed by atoms with van der Waals surface area (Å²) in [5.74, 6) is 1.89. The van der Waals surface area contributed by atoms with Crippen LogP contribution in [0.1, 0.15) is 71.1 Å². The fourth-order valence-electron chi connectivity index (χ4n) is 7.32. The van der Waals surface area contributed by atoms with Crippen LogP contribution in [0.4, 0.5) is 0 Å². The summed E-state index contributed by atoms with van der Waals surface area (Å²) in [6.07, 6.45) is 14.7. The fourth-order valence-corrected chi connectivity index (χ4v) is 7.32. The molecule has 9 unspecified atom stereocenters. The van der Waals surface area contributed by atoms with E-state index in [0.29, 0.717) is 114 Å². The second-order valence-corrected chi connectivity index (χ2v) is 13.9. The molecule has 3 aliphatic carbocycles. The summed E-state index contributed by atoms with van der Waals surface area (Å²) >= 11 is 0. The van der Waals surface area contributed by atoms with Gasteiger partial charge in [-0.1, -0.05) is 6.92 Å². The molecule has 242 valence electrons. The molecule has 0 aromatic rings. The second kappa shape index (κ2) is 15.8. The molecule has 3 heterocycles. The molecule has 0 radical (unpaired) electrons. The first-order valence-corrected chi connectivity index (χ1v) is 17.1. The highest BCUT2D eigenvalue weighted by Crippen LogP contribution is 2.41. The van der Waals surface area contributed by atoms with Gasteiger partial charge >= 0.3 is 0 Å². The van der Waals surface area contributed by atoms with Crippen molar-refractivity contribution in [1.82, 2.24) is 0 Å². The van der Waals surface area contributed by atoms with Crippen molar-refractivity contribution in [2.24, 2.45) is 23.2 Å². The van der Waals surface area contributed by atoms with E-state index in [1.807, 2.05) is 0 Å². The average Bonchev–Trinajstić information content (AvgIpc) is 3.90. The Morgan fingerprint density at radius 3 is 1.10 bits per heavy atom. The molecule has 0 N–H and O–H groups in total. The normalized spacial score (nSPS) is 37.8. The van der Waals surface area contributed by atoms with E-state index in [1.54, 1.807) is 0 Å². The Kier molecular flexibility index (Phi) is 11.9. The number of hydrogen-bond donors (Lipinski definition) is 0. The van der Waals surface area contributed by atoms with Gasteiger partial charge in [0.2, 0.25) is 0 Å². The van der Waals surface area contributed by atoms with Gasteiger partial charge in [0.25, 0.3) is 0 Å². The van der Waals surface area contributed by atoms with Crippen LogP contribution in [-0.2, 0) is 42.6 Å². The Hall–Kier alpha value is -0.360. The Balaban J connectivity index is 0.847. The maximum atomic E-state index is 6.16. The van der Waals surface area contributed by atoms with Gasteiger partial charge in [0, 0.05) is 25.2 Å². The van der Waals surface area contributed by atoms with Gasteiger partial charge in [-0.2, -0.15) is 0 Å². The first-order chi connectivity index (χ1) is 20.7. The number of fused-ring (bicyclic) bond motifs is 3. The van der Waals surface area contributed by atoms with E-state index < -0.39 is 0 Å². The van der Waals surface area contributed by atoms with Crippen LogP contribution in [0.15, 0.2) is 0 Å². The van der Waals surface area contributed by atoms with Gasteiger partial charge in [-0.15, -0.1) is 0 Å². The number of epoxide rings is 3. The Bertz CT molecular complexity index is 700. The van der Waals surface area contributed by atoms with Crippen molar-refractivity contribution < 1.29 is 42.6 Å². The number of hydrogen-bond acceptors (Lipinski definition) is 9. The van der Waals surface area contributed by atoms with Crippen LogP contribution in [0.3, 0.4) is 0 Å². The molecule has 3 saturated heterocycles. The van der Waals surface area contributed by atoms with E-state index in [4.69, 9.17) is 42.6 Å². The minimum absolute atomic E-state index is 0.203.